The molecule has 4 rings (SSSR count). The average Bonchev–Trinajstić information content (AvgIpc) is 3.20. The SMILES string of the molecule is FC(F)(F)c1ccc(SCCCN2CCN(c3cccc4[nH]ccc34)CC2)cc1. The molecule has 0 amide bonds. The number of thioether (sulfide) groups is 1. The fraction of sp³-hybridized carbons (Fsp3) is 0.364. The largest absolute Gasteiger partial charge is 0.416 e. The Morgan fingerprint density at radius 2 is 1.69 bits per heavy atom. The number of fused-ring (bicyclic) bond motifs is 1. The van der Waals surface area contributed by atoms with Crippen molar-refractivity contribution >= 4 is 28.4 Å². The summed E-state index contributed by atoms with van der Waals surface area (Å²) in [6, 6.07) is 14.0. The smallest absolute Gasteiger partial charge is 0.368 e. The molecule has 7 heteroatoms. The number of aromatic nitrogens is 1. The van der Waals surface area contributed by atoms with E-state index in [4.69, 9.17) is 0 Å². The van der Waals surface area contributed by atoms with E-state index in [9.17, 15) is 13.2 Å². The van der Waals surface area contributed by atoms with E-state index >= 15 is 0 Å². The van der Waals surface area contributed by atoms with Gasteiger partial charge in [-0.3, -0.25) is 4.90 Å². The maximum atomic E-state index is 12.6. The third-order valence-electron chi connectivity index (χ3n) is 5.35. The summed E-state index contributed by atoms with van der Waals surface area (Å²) in [6.45, 7) is 5.11. The third kappa shape index (κ3) is 4.90. The van der Waals surface area contributed by atoms with Crippen molar-refractivity contribution in [1.29, 1.82) is 0 Å². The van der Waals surface area contributed by atoms with Gasteiger partial charge >= 0.3 is 6.18 Å². The van der Waals surface area contributed by atoms with Crippen LogP contribution in [0.25, 0.3) is 10.9 Å². The highest BCUT2D eigenvalue weighted by Gasteiger charge is 2.29. The normalized spacial score (nSPS) is 15.9. The second-order valence-corrected chi connectivity index (χ2v) is 8.44. The zero-order valence-electron chi connectivity index (χ0n) is 16.1. The van der Waals surface area contributed by atoms with E-state index in [1.165, 1.54) is 16.6 Å². The number of nitrogens with zero attached hydrogens (tertiary/aromatic N) is 2. The molecule has 1 N–H and O–H groups in total. The minimum absolute atomic E-state index is 0.588. The van der Waals surface area contributed by atoms with Crippen LogP contribution in [0.5, 0.6) is 0 Å². The Hall–Kier alpha value is -2.12. The van der Waals surface area contributed by atoms with Crippen molar-refractivity contribution in [3.63, 3.8) is 0 Å². The van der Waals surface area contributed by atoms with Crippen molar-refractivity contribution in [3.05, 3.63) is 60.3 Å². The number of alkyl halides is 3. The third-order valence-corrected chi connectivity index (χ3v) is 6.45. The van der Waals surface area contributed by atoms with E-state index in [1.807, 2.05) is 6.20 Å². The van der Waals surface area contributed by atoms with Crippen LogP contribution in [0, 0.1) is 0 Å². The molecule has 0 atom stereocenters. The minimum atomic E-state index is -4.27. The van der Waals surface area contributed by atoms with E-state index in [0.29, 0.717) is 0 Å². The molecule has 154 valence electrons. The number of anilines is 1. The topological polar surface area (TPSA) is 22.3 Å². The maximum absolute atomic E-state index is 12.6. The highest BCUT2D eigenvalue weighted by Crippen LogP contribution is 2.31. The van der Waals surface area contributed by atoms with E-state index in [-0.39, 0.29) is 0 Å². The first-order chi connectivity index (χ1) is 14.0. The average molecular weight is 420 g/mol. The lowest BCUT2D eigenvalue weighted by molar-refractivity contribution is -0.137. The van der Waals surface area contributed by atoms with Gasteiger partial charge in [0.2, 0.25) is 0 Å². The van der Waals surface area contributed by atoms with Gasteiger partial charge in [-0.05, 0) is 61.2 Å². The zero-order chi connectivity index (χ0) is 20.3. The van der Waals surface area contributed by atoms with Crippen molar-refractivity contribution in [1.82, 2.24) is 9.88 Å². The van der Waals surface area contributed by atoms with E-state index in [1.54, 1.807) is 23.9 Å². The van der Waals surface area contributed by atoms with Gasteiger partial charge in [0.1, 0.15) is 0 Å². The van der Waals surface area contributed by atoms with Crippen LogP contribution >= 0.6 is 11.8 Å². The first kappa shape index (κ1) is 20.2. The van der Waals surface area contributed by atoms with Gasteiger partial charge in [0.05, 0.1) is 5.56 Å². The lowest BCUT2D eigenvalue weighted by Crippen LogP contribution is -2.46. The number of benzene rings is 2. The van der Waals surface area contributed by atoms with Gasteiger partial charge in [-0.25, -0.2) is 0 Å². The molecule has 0 aliphatic carbocycles. The molecule has 0 unspecified atom stereocenters. The summed E-state index contributed by atoms with van der Waals surface area (Å²) >= 11 is 1.62. The van der Waals surface area contributed by atoms with Gasteiger partial charge in [-0.2, -0.15) is 13.2 Å². The van der Waals surface area contributed by atoms with Crippen molar-refractivity contribution in [2.75, 3.05) is 43.4 Å². The molecule has 0 bridgehead atoms. The van der Waals surface area contributed by atoms with Gasteiger partial charge in [0, 0.05) is 53.9 Å². The van der Waals surface area contributed by atoms with E-state index in [0.717, 1.165) is 61.9 Å². The van der Waals surface area contributed by atoms with Crippen LogP contribution in [0.2, 0.25) is 0 Å². The zero-order valence-corrected chi connectivity index (χ0v) is 16.9. The number of hydrogen-bond donors (Lipinski definition) is 1. The standard InChI is InChI=1S/C22H24F3N3S/c23-22(24,25)17-5-7-18(8-6-17)29-16-2-11-27-12-14-28(15-13-27)21-4-1-3-20-19(21)9-10-26-20/h1,3-10,26H,2,11-16H2. The Morgan fingerprint density at radius 1 is 0.931 bits per heavy atom. The Morgan fingerprint density at radius 3 is 2.41 bits per heavy atom. The Kier molecular flexibility index (Phi) is 6.06. The van der Waals surface area contributed by atoms with Crippen LogP contribution in [0.1, 0.15) is 12.0 Å². The minimum Gasteiger partial charge on any atom is -0.368 e. The number of aromatic amines is 1. The number of nitrogens with one attached hydrogen (secondary N) is 1. The lowest BCUT2D eigenvalue weighted by atomic mass is 10.1. The second kappa shape index (κ2) is 8.71. The highest BCUT2D eigenvalue weighted by molar-refractivity contribution is 7.99. The molecular formula is C22H24F3N3S. The van der Waals surface area contributed by atoms with Gasteiger partial charge < -0.3 is 9.88 Å². The number of H-pyrrole nitrogens is 1. The summed E-state index contributed by atoms with van der Waals surface area (Å²) in [5.41, 5.74) is 1.88. The fourth-order valence-corrected chi connectivity index (χ4v) is 4.61. The molecule has 1 aliphatic rings. The molecular weight excluding hydrogens is 395 g/mol. The molecule has 2 heterocycles. The molecule has 0 radical (unpaired) electrons. The number of rotatable bonds is 6. The Labute approximate surface area is 172 Å². The Balaban J connectivity index is 1.20. The van der Waals surface area contributed by atoms with Crippen LogP contribution in [0.4, 0.5) is 18.9 Å². The Bertz CT molecular complexity index is 928. The molecule has 1 aromatic heterocycles. The van der Waals surface area contributed by atoms with Crippen molar-refractivity contribution in [3.8, 4) is 0 Å². The van der Waals surface area contributed by atoms with E-state index in [2.05, 4.69) is 39.0 Å². The van der Waals surface area contributed by atoms with Gasteiger partial charge in [-0.1, -0.05) is 6.07 Å². The van der Waals surface area contributed by atoms with Crippen LogP contribution in [-0.4, -0.2) is 48.4 Å². The van der Waals surface area contributed by atoms with Crippen molar-refractivity contribution in [2.45, 2.75) is 17.5 Å². The summed E-state index contributed by atoms with van der Waals surface area (Å²) in [4.78, 5) is 9.08. The summed E-state index contributed by atoms with van der Waals surface area (Å²) in [6.07, 6.45) is -1.25. The quantitative estimate of drug-likeness (QED) is 0.422. The second-order valence-electron chi connectivity index (χ2n) is 7.27. The molecule has 1 fully saturated rings. The summed E-state index contributed by atoms with van der Waals surface area (Å²) < 4.78 is 37.8. The number of halogens is 3. The van der Waals surface area contributed by atoms with Crippen molar-refractivity contribution < 1.29 is 13.2 Å². The summed E-state index contributed by atoms with van der Waals surface area (Å²) in [5, 5.41) is 1.27. The summed E-state index contributed by atoms with van der Waals surface area (Å²) in [7, 11) is 0. The first-order valence-corrected chi connectivity index (χ1v) is 10.8. The van der Waals surface area contributed by atoms with Crippen LogP contribution < -0.4 is 4.90 Å². The predicted octanol–water partition coefficient (Wildman–Crippen LogP) is 5.49. The van der Waals surface area contributed by atoms with Crippen molar-refractivity contribution in [2.24, 2.45) is 0 Å². The molecule has 0 spiro atoms. The van der Waals surface area contributed by atoms with Crippen LogP contribution in [0.15, 0.2) is 59.6 Å². The molecule has 2 aromatic carbocycles. The summed E-state index contributed by atoms with van der Waals surface area (Å²) in [5.74, 6) is 0.911. The number of hydrogen-bond acceptors (Lipinski definition) is 3. The van der Waals surface area contributed by atoms with Gasteiger partial charge in [0.15, 0.2) is 0 Å². The molecule has 3 nitrogen and oxygen atoms in total. The molecule has 1 aliphatic heterocycles. The molecule has 0 saturated carbocycles. The fourth-order valence-electron chi connectivity index (χ4n) is 3.78. The van der Waals surface area contributed by atoms with Crippen LogP contribution in [-0.2, 0) is 6.18 Å². The maximum Gasteiger partial charge on any atom is 0.416 e. The highest BCUT2D eigenvalue weighted by atomic mass is 32.2. The number of piperazine rings is 1. The molecule has 3 aromatic rings. The van der Waals surface area contributed by atoms with Gasteiger partial charge in [-0.15, -0.1) is 11.8 Å². The monoisotopic (exact) mass is 419 g/mol. The predicted molar refractivity (Wildman–Crippen MR) is 114 cm³/mol. The van der Waals surface area contributed by atoms with E-state index < -0.39 is 11.7 Å². The molecule has 1 saturated heterocycles. The molecule has 29 heavy (non-hydrogen) atoms. The van der Waals surface area contributed by atoms with Gasteiger partial charge in [0.25, 0.3) is 0 Å². The lowest BCUT2D eigenvalue weighted by Gasteiger charge is -2.36. The first-order valence-electron chi connectivity index (χ1n) is 9.84. The van der Waals surface area contributed by atoms with Crippen LogP contribution in [0.3, 0.4) is 0 Å².